The number of nitrogens with zero attached hydrogens (tertiary/aromatic N) is 6. The number of carboxylic acid groups (broad SMARTS) is 1. The summed E-state index contributed by atoms with van der Waals surface area (Å²) in [5.41, 5.74) is 9.38. The first-order chi connectivity index (χ1) is 21.7. The van der Waals surface area contributed by atoms with Gasteiger partial charge in [0.25, 0.3) is 0 Å². The average molecular weight is 648 g/mol. The number of anilines is 1. The van der Waals surface area contributed by atoms with Crippen LogP contribution in [0, 0.1) is 11.3 Å². The third kappa shape index (κ3) is 5.73. The number of aliphatic carboxylic acids is 1. The second-order valence-electron chi connectivity index (χ2n) is 10.4. The standard InChI is InChI=1S/C30H26ClN7O6S/c31-29-36-25(33)22-26(37-29)38(14-34-22)27-24(40)23(39)20(44-27)12-43-30(28(41)42,21-13-45-15-35-21)11-16-5-7-18(8-6-16)19-4-2-1-3-17(19)9-10-32/h1-8,13-15,20,23-24,27,39-40H,9,11-12H2,(H,41,42)(H2,33,36,37)/t20-,23-,24-,27-,30?/m1/s1. The van der Waals surface area contributed by atoms with E-state index in [-0.39, 0.29) is 40.8 Å². The van der Waals surface area contributed by atoms with Crippen LogP contribution < -0.4 is 5.73 Å². The number of hydrogen-bond donors (Lipinski definition) is 4. The number of aromatic nitrogens is 5. The van der Waals surface area contributed by atoms with Crippen molar-refractivity contribution >= 4 is 45.9 Å². The number of nitrogen functional groups attached to an aromatic ring is 1. The van der Waals surface area contributed by atoms with Crippen molar-refractivity contribution in [3.63, 3.8) is 0 Å². The summed E-state index contributed by atoms with van der Waals surface area (Å²) in [5.74, 6) is -1.26. The minimum atomic E-state index is -1.94. The number of aliphatic hydroxyl groups excluding tert-OH is 2. The molecule has 15 heteroatoms. The Morgan fingerprint density at radius 2 is 1.93 bits per heavy atom. The van der Waals surface area contributed by atoms with E-state index in [2.05, 4.69) is 26.0 Å². The molecule has 1 fully saturated rings. The normalized spacial score (nSPS) is 21.0. The minimum Gasteiger partial charge on any atom is -0.479 e. The number of rotatable bonds is 10. The van der Waals surface area contributed by atoms with Crippen molar-refractivity contribution in [2.75, 3.05) is 12.3 Å². The van der Waals surface area contributed by atoms with Crippen molar-refractivity contribution in [1.29, 1.82) is 5.26 Å². The Hall–Kier alpha value is -4.49. The van der Waals surface area contributed by atoms with E-state index in [0.29, 0.717) is 5.56 Å². The van der Waals surface area contributed by atoms with Gasteiger partial charge in [0.15, 0.2) is 17.7 Å². The number of halogens is 1. The van der Waals surface area contributed by atoms with Crippen LogP contribution in [0.3, 0.4) is 0 Å². The number of carboxylic acids is 1. The molecule has 0 saturated carbocycles. The molecule has 0 amide bonds. The molecule has 230 valence electrons. The number of nitriles is 1. The van der Waals surface area contributed by atoms with E-state index in [9.17, 15) is 25.4 Å². The van der Waals surface area contributed by atoms with E-state index in [4.69, 9.17) is 26.8 Å². The largest absolute Gasteiger partial charge is 0.479 e. The molecular formula is C30H26ClN7O6S. The molecule has 1 aliphatic heterocycles. The quantitative estimate of drug-likeness (QED) is 0.162. The number of carbonyl (C=O) groups is 1. The fraction of sp³-hybridized carbons (Fsp3) is 0.267. The molecule has 5 atom stereocenters. The topological polar surface area (TPSA) is 203 Å². The van der Waals surface area contributed by atoms with Crippen LogP contribution in [0.5, 0.6) is 0 Å². The van der Waals surface area contributed by atoms with Crippen molar-refractivity contribution < 1.29 is 29.6 Å². The molecule has 1 aliphatic rings. The summed E-state index contributed by atoms with van der Waals surface area (Å²) in [6.07, 6.45) is -3.68. The number of ether oxygens (including phenoxy) is 2. The van der Waals surface area contributed by atoms with Gasteiger partial charge >= 0.3 is 5.97 Å². The van der Waals surface area contributed by atoms with Gasteiger partial charge in [-0.05, 0) is 33.9 Å². The Morgan fingerprint density at radius 3 is 2.64 bits per heavy atom. The summed E-state index contributed by atoms with van der Waals surface area (Å²) in [4.78, 5) is 29.4. The fourth-order valence-electron chi connectivity index (χ4n) is 5.42. The van der Waals surface area contributed by atoms with Crippen molar-refractivity contribution in [3.8, 4) is 17.2 Å². The highest BCUT2D eigenvalue weighted by molar-refractivity contribution is 7.07. The van der Waals surface area contributed by atoms with Gasteiger partial charge < -0.3 is 30.5 Å². The number of imidazole rings is 1. The zero-order chi connectivity index (χ0) is 31.7. The van der Waals surface area contributed by atoms with Crippen LogP contribution in [0.25, 0.3) is 22.3 Å². The van der Waals surface area contributed by atoms with Crippen molar-refractivity contribution in [2.24, 2.45) is 0 Å². The van der Waals surface area contributed by atoms with E-state index >= 15 is 0 Å². The summed E-state index contributed by atoms with van der Waals surface area (Å²) in [5, 5.41) is 43.0. The predicted octanol–water partition coefficient (Wildman–Crippen LogP) is 3.11. The lowest BCUT2D eigenvalue weighted by molar-refractivity contribution is -0.177. The van der Waals surface area contributed by atoms with Crippen LogP contribution in [0.1, 0.15) is 23.0 Å². The number of thiazole rings is 1. The highest BCUT2D eigenvalue weighted by Crippen LogP contribution is 2.36. The number of aliphatic hydroxyl groups is 2. The van der Waals surface area contributed by atoms with Crippen molar-refractivity contribution in [3.05, 3.63) is 87.9 Å². The molecule has 0 aliphatic carbocycles. The second-order valence-corrected chi connectivity index (χ2v) is 11.5. The monoisotopic (exact) mass is 647 g/mol. The molecule has 1 saturated heterocycles. The van der Waals surface area contributed by atoms with Gasteiger partial charge in [-0.2, -0.15) is 15.2 Å². The van der Waals surface area contributed by atoms with Crippen LogP contribution in [0.2, 0.25) is 5.28 Å². The van der Waals surface area contributed by atoms with Gasteiger partial charge in [0.2, 0.25) is 10.9 Å². The Balaban J connectivity index is 1.25. The van der Waals surface area contributed by atoms with Gasteiger partial charge in [-0.3, -0.25) is 4.57 Å². The van der Waals surface area contributed by atoms with Gasteiger partial charge in [0.05, 0.1) is 36.6 Å². The lowest BCUT2D eigenvalue weighted by Crippen LogP contribution is -2.44. The maximum absolute atomic E-state index is 12.9. The van der Waals surface area contributed by atoms with Crippen LogP contribution in [0.15, 0.2) is 65.7 Å². The molecule has 13 nitrogen and oxygen atoms in total. The summed E-state index contributed by atoms with van der Waals surface area (Å²) in [6, 6.07) is 17.1. The van der Waals surface area contributed by atoms with Crippen LogP contribution >= 0.6 is 22.9 Å². The van der Waals surface area contributed by atoms with Gasteiger partial charge in [0, 0.05) is 11.8 Å². The van der Waals surface area contributed by atoms with Crippen molar-refractivity contribution in [2.45, 2.75) is 43.0 Å². The Labute approximate surface area is 265 Å². The van der Waals surface area contributed by atoms with Crippen LogP contribution in [0.4, 0.5) is 5.82 Å². The first kappa shape index (κ1) is 30.5. The van der Waals surface area contributed by atoms with E-state index in [1.54, 1.807) is 17.5 Å². The first-order valence-electron chi connectivity index (χ1n) is 13.7. The lowest BCUT2D eigenvalue weighted by Gasteiger charge is -2.30. The summed E-state index contributed by atoms with van der Waals surface area (Å²) in [7, 11) is 0. The van der Waals surface area contributed by atoms with E-state index < -0.39 is 42.7 Å². The summed E-state index contributed by atoms with van der Waals surface area (Å²) in [6.45, 7) is -0.400. The number of nitrogens with two attached hydrogens (primary N) is 1. The van der Waals surface area contributed by atoms with Crippen LogP contribution in [-0.4, -0.2) is 70.7 Å². The molecule has 45 heavy (non-hydrogen) atoms. The van der Waals surface area contributed by atoms with Gasteiger partial charge in [0.1, 0.15) is 23.8 Å². The SMILES string of the molecule is N#CCc1ccccc1-c1ccc(CC(OC[C@H]2O[C@@H](n3cnc4c(N)nc(Cl)nc43)[C@H](O)[C@@H]2O)(C(=O)O)c2cscn2)cc1. The molecule has 1 unspecified atom stereocenters. The molecular weight excluding hydrogens is 622 g/mol. The minimum absolute atomic E-state index is 0.0329. The third-order valence-corrected chi connectivity index (χ3v) is 8.48. The summed E-state index contributed by atoms with van der Waals surface area (Å²) < 4.78 is 13.5. The Kier molecular flexibility index (Phi) is 8.47. The van der Waals surface area contributed by atoms with Gasteiger partial charge in [-0.25, -0.2) is 14.8 Å². The van der Waals surface area contributed by atoms with Gasteiger partial charge in [-0.15, -0.1) is 11.3 Å². The number of benzene rings is 2. The zero-order valence-electron chi connectivity index (χ0n) is 23.4. The lowest BCUT2D eigenvalue weighted by atomic mass is 9.90. The van der Waals surface area contributed by atoms with E-state index in [1.165, 1.54) is 27.7 Å². The molecule has 6 rings (SSSR count). The maximum atomic E-state index is 12.9. The van der Waals surface area contributed by atoms with Crippen molar-refractivity contribution in [1.82, 2.24) is 24.5 Å². The second kappa shape index (κ2) is 12.5. The highest BCUT2D eigenvalue weighted by atomic mass is 35.5. The van der Waals surface area contributed by atoms with E-state index in [1.807, 2.05) is 36.4 Å². The smallest absolute Gasteiger partial charge is 0.342 e. The van der Waals surface area contributed by atoms with Crippen LogP contribution in [-0.2, 0) is 32.7 Å². The van der Waals surface area contributed by atoms with Gasteiger partial charge in [-0.1, -0.05) is 48.5 Å². The molecule has 5 aromatic rings. The molecule has 0 spiro atoms. The molecule has 5 N–H and O–H groups in total. The first-order valence-corrected chi connectivity index (χ1v) is 15.0. The highest BCUT2D eigenvalue weighted by Gasteiger charge is 2.49. The molecule has 4 heterocycles. The molecule has 2 aromatic carbocycles. The molecule has 3 aromatic heterocycles. The zero-order valence-corrected chi connectivity index (χ0v) is 25.0. The van der Waals surface area contributed by atoms with E-state index in [0.717, 1.165) is 16.7 Å². The number of hydrogen-bond acceptors (Lipinski definition) is 12. The molecule has 0 bridgehead atoms. The third-order valence-electron chi connectivity index (χ3n) is 7.72. The summed E-state index contributed by atoms with van der Waals surface area (Å²) >= 11 is 7.19. The predicted molar refractivity (Wildman–Crippen MR) is 163 cm³/mol. The Morgan fingerprint density at radius 1 is 1.16 bits per heavy atom. The fourth-order valence-corrected chi connectivity index (χ4v) is 6.21. The Bertz CT molecular complexity index is 1880. The molecule has 0 radical (unpaired) electrons. The maximum Gasteiger partial charge on any atom is 0.342 e. The number of fused-ring (bicyclic) bond motifs is 1. The average Bonchev–Trinajstić information content (AvgIpc) is 3.77.